The molecule has 0 atom stereocenters. The van der Waals surface area contributed by atoms with Gasteiger partial charge in [-0.1, -0.05) is 32.4 Å². The Balaban J connectivity index is 3.87. The minimum absolute atomic E-state index is 0.336. The molecule has 0 spiro atoms. The summed E-state index contributed by atoms with van der Waals surface area (Å²) in [7, 11) is -1.51. The van der Waals surface area contributed by atoms with Crippen LogP contribution in [0.4, 0.5) is 0 Å². The second-order valence-electron chi connectivity index (χ2n) is 5.85. The summed E-state index contributed by atoms with van der Waals surface area (Å²) in [5.74, 6) is 0. The van der Waals surface area contributed by atoms with Gasteiger partial charge in [-0.25, -0.2) is 0 Å². The van der Waals surface area contributed by atoms with Crippen LogP contribution < -0.4 is 0 Å². The molecule has 0 aliphatic rings. The molecule has 1 nitrogen and oxygen atoms in total. The van der Waals surface area contributed by atoms with Crippen molar-refractivity contribution in [3.63, 3.8) is 0 Å². The molecule has 0 aliphatic carbocycles. The first-order valence-corrected chi connectivity index (χ1v) is 8.87. The lowest BCUT2D eigenvalue weighted by Crippen LogP contribution is -2.40. The third-order valence-corrected chi connectivity index (χ3v) is 8.02. The first kappa shape index (κ1) is 14.9. The fraction of sp³-hybridized carbons (Fsp3) is 0.846. The van der Waals surface area contributed by atoms with Gasteiger partial charge in [-0.2, -0.15) is 0 Å². The summed E-state index contributed by atoms with van der Waals surface area (Å²) in [6.45, 7) is 16.7. The summed E-state index contributed by atoms with van der Waals surface area (Å²) < 4.78 is 6.10. The molecule has 0 heterocycles. The number of hydrogen-bond acceptors (Lipinski definition) is 1. The lowest BCUT2D eigenvalue weighted by Gasteiger charge is -2.36. The molecule has 15 heavy (non-hydrogen) atoms. The van der Waals surface area contributed by atoms with Crippen molar-refractivity contribution in [3.05, 3.63) is 11.6 Å². The summed E-state index contributed by atoms with van der Waals surface area (Å²) in [5.41, 5.74) is 1.47. The molecule has 0 aromatic heterocycles. The number of rotatable bonds is 5. The molecule has 0 fully saturated rings. The van der Waals surface area contributed by atoms with Crippen molar-refractivity contribution in [2.45, 2.75) is 65.6 Å². The summed E-state index contributed by atoms with van der Waals surface area (Å²) in [5, 5.41) is 0.336. The zero-order chi connectivity index (χ0) is 12.1. The number of allylic oxidation sites excluding steroid dienone is 2. The topological polar surface area (TPSA) is 9.23 Å². The molecule has 0 bridgehead atoms. The van der Waals surface area contributed by atoms with Gasteiger partial charge in [0.2, 0.25) is 0 Å². The van der Waals surface area contributed by atoms with Crippen LogP contribution in [0.25, 0.3) is 0 Å². The van der Waals surface area contributed by atoms with E-state index in [0.29, 0.717) is 5.04 Å². The maximum atomic E-state index is 6.10. The summed E-state index contributed by atoms with van der Waals surface area (Å²) in [6, 6.07) is 0. The highest BCUT2D eigenvalue weighted by atomic mass is 28.4. The molecule has 0 saturated heterocycles. The molecule has 0 aliphatic heterocycles. The van der Waals surface area contributed by atoms with Crippen LogP contribution in [0.2, 0.25) is 18.1 Å². The molecular formula is C13H28OSi. The van der Waals surface area contributed by atoms with Crippen molar-refractivity contribution < 1.29 is 4.43 Å². The Morgan fingerprint density at radius 3 is 2.20 bits per heavy atom. The largest absolute Gasteiger partial charge is 0.417 e. The van der Waals surface area contributed by atoms with E-state index in [1.807, 2.05) is 0 Å². The molecule has 0 rings (SSSR count). The highest BCUT2D eigenvalue weighted by molar-refractivity contribution is 6.74. The first-order chi connectivity index (χ1) is 6.70. The Kier molecular flexibility index (Phi) is 5.82. The molecule has 0 saturated carbocycles. The molecule has 0 aromatic rings. The Morgan fingerprint density at radius 2 is 1.80 bits per heavy atom. The van der Waals surface area contributed by atoms with E-state index in [-0.39, 0.29) is 0 Å². The van der Waals surface area contributed by atoms with E-state index < -0.39 is 8.32 Å². The molecule has 0 radical (unpaired) electrons. The van der Waals surface area contributed by atoms with Crippen LogP contribution in [-0.4, -0.2) is 14.9 Å². The van der Waals surface area contributed by atoms with Crippen molar-refractivity contribution in [2.75, 3.05) is 6.61 Å². The van der Waals surface area contributed by atoms with Gasteiger partial charge in [0.05, 0.1) is 0 Å². The van der Waals surface area contributed by atoms with E-state index in [1.54, 1.807) is 0 Å². The third-order valence-electron chi connectivity index (χ3n) is 3.48. The Hall–Kier alpha value is -0.0831. The zero-order valence-corrected chi connectivity index (χ0v) is 12.6. The minimum atomic E-state index is -1.51. The van der Waals surface area contributed by atoms with Crippen LogP contribution in [0, 0.1) is 0 Å². The maximum Gasteiger partial charge on any atom is 0.191 e. The van der Waals surface area contributed by atoms with Gasteiger partial charge in [0.1, 0.15) is 0 Å². The standard InChI is InChI=1S/C13H28OSi/c1-8-12(2)10-9-11-14-15(6,7)13(3,4)5/h8H,9-11H2,1-7H3/b12-8+. The molecule has 90 valence electrons. The Labute approximate surface area is 97.0 Å². The summed E-state index contributed by atoms with van der Waals surface area (Å²) >= 11 is 0. The van der Waals surface area contributed by atoms with Gasteiger partial charge in [0, 0.05) is 6.61 Å². The van der Waals surface area contributed by atoms with E-state index in [9.17, 15) is 0 Å². The average molecular weight is 228 g/mol. The molecule has 2 heteroatoms. The van der Waals surface area contributed by atoms with Crippen LogP contribution in [0.1, 0.15) is 47.5 Å². The van der Waals surface area contributed by atoms with Gasteiger partial charge < -0.3 is 4.43 Å². The van der Waals surface area contributed by atoms with Crippen molar-refractivity contribution >= 4 is 8.32 Å². The second-order valence-corrected chi connectivity index (χ2v) is 10.7. The minimum Gasteiger partial charge on any atom is -0.417 e. The van der Waals surface area contributed by atoms with Gasteiger partial charge in [-0.3, -0.25) is 0 Å². The predicted molar refractivity (Wildman–Crippen MR) is 71.8 cm³/mol. The zero-order valence-electron chi connectivity index (χ0n) is 11.6. The molecule has 0 aromatic carbocycles. The van der Waals surface area contributed by atoms with Crippen LogP contribution in [-0.2, 0) is 4.43 Å². The van der Waals surface area contributed by atoms with Crippen molar-refractivity contribution in [2.24, 2.45) is 0 Å². The van der Waals surface area contributed by atoms with Crippen molar-refractivity contribution in [3.8, 4) is 0 Å². The lowest BCUT2D eigenvalue weighted by atomic mass is 10.2. The third kappa shape index (κ3) is 5.52. The monoisotopic (exact) mass is 228 g/mol. The lowest BCUT2D eigenvalue weighted by molar-refractivity contribution is 0.282. The van der Waals surface area contributed by atoms with E-state index in [1.165, 1.54) is 12.0 Å². The van der Waals surface area contributed by atoms with E-state index in [4.69, 9.17) is 4.43 Å². The highest BCUT2D eigenvalue weighted by Crippen LogP contribution is 2.36. The maximum absolute atomic E-state index is 6.10. The summed E-state index contributed by atoms with van der Waals surface area (Å²) in [4.78, 5) is 0. The van der Waals surface area contributed by atoms with E-state index >= 15 is 0 Å². The van der Waals surface area contributed by atoms with Gasteiger partial charge in [-0.05, 0) is 44.8 Å². The van der Waals surface area contributed by atoms with Crippen LogP contribution in [0.15, 0.2) is 11.6 Å². The van der Waals surface area contributed by atoms with Crippen LogP contribution >= 0.6 is 0 Å². The van der Waals surface area contributed by atoms with Crippen molar-refractivity contribution in [1.29, 1.82) is 0 Å². The van der Waals surface area contributed by atoms with Gasteiger partial charge >= 0.3 is 0 Å². The Bertz CT molecular complexity index is 211. The number of hydrogen-bond donors (Lipinski definition) is 0. The SMILES string of the molecule is C/C=C(\C)CCCO[Si](C)(C)C(C)(C)C. The van der Waals surface area contributed by atoms with Crippen LogP contribution in [0.5, 0.6) is 0 Å². The van der Waals surface area contributed by atoms with E-state index in [2.05, 4.69) is 53.8 Å². The smallest absolute Gasteiger partial charge is 0.191 e. The first-order valence-electron chi connectivity index (χ1n) is 5.96. The fourth-order valence-electron chi connectivity index (χ4n) is 1.04. The van der Waals surface area contributed by atoms with Crippen molar-refractivity contribution in [1.82, 2.24) is 0 Å². The summed E-state index contributed by atoms with van der Waals surface area (Å²) in [6.07, 6.45) is 4.51. The molecular weight excluding hydrogens is 200 g/mol. The van der Waals surface area contributed by atoms with Gasteiger partial charge in [0.25, 0.3) is 0 Å². The second kappa shape index (κ2) is 5.85. The van der Waals surface area contributed by atoms with E-state index in [0.717, 1.165) is 13.0 Å². The predicted octanol–water partition coefficient (Wildman–Crippen LogP) is 4.75. The molecule has 0 unspecified atom stereocenters. The highest BCUT2D eigenvalue weighted by Gasteiger charge is 2.36. The molecule has 0 amide bonds. The normalized spacial score (nSPS) is 14.5. The average Bonchev–Trinajstić information content (AvgIpc) is 2.10. The Morgan fingerprint density at radius 1 is 1.27 bits per heavy atom. The van der Waals surface area contributed by atoms with Gasteiger partial charge in [-0.15, -0.1) is 0 Å². The fourth-order valence-corrected chi connectivity index (χ4v) is 2.13. The molecule has 0 N–H and O–H groups in total. The quantitative estimate of drug-likeness (QED) is 0.375. The van der Waals surface area contributed by atoms with Crippen LogP contribution in [0.3, 0.4) is 0 Å². The van der Waals surface area contributed by atoms with Gasteiger partial charge in [0.15, 0.2) is 8.32 Å².